The van der Waals surface area contributed by atoms with E-state index in [1.807, 2.05) is 6.92 Å². The van der Waals surface area contributed by atoms with Crippen molar-refractivity contribution in [1.29, 1.82) is 0 Å². The fourth-order valence-electron chi connectivity index (χ4n) is 1.76. The van der Waals surface area contributed by atoms with Gasteiger partial charge in [0.2, 0.25) is 0 Å². The van der Waals surface area contributed by atoms with E-state index in [-0.39, 0.29) is 11.3 Å². The number of hydrogen-bond acceptors (Lipinski definition) is 3. The molecule has 0 spiro atoms. The Morgan fingerprint density at radius 2 is 2.16 bits per heavy atom. The quantitative estimate of drug-likeness (QED) is 0.475. The molecule has 0 aliphatic carbocycles. The van der Waals surface area contributed by atoms with Crippen molar-refractivity contribution < 1.29 is 9.72 Å². The molecule has 0 aliphatic rings. The minimum absolute atomic E-state index is 0.0910. The molecular formula is C13H17ClN2O3. The van der Waals surface area contributed by atoms with Crippen molar-refractivity contribution >= 4 is 23.2 Å². The maximum absolute atomic E-state index is 11.9. The number of carbonyl (C=O) groups excluding carboxylic acids is 1. The maximum Gasteiger partial charge on any atom is 0.282 e. The summed E-state index contributed by atoms with van der Waals surface area (Å²) in [6, 6.07) is 5.93. The molecule has 1 amide bonds. The van der Waals surface area contributed by atoms with E-state index in [1.54, 1.807) is 6.07 Å². The van der Waals surface area contributed by atoms with Crippen LogP contribution in [0.4, 0.5) is 5.69 Å². The van der Waals surface area contributed by atoms with E-state index in [2.05, 4.69) is 5.32 Å². The van der Waals surface area contributed by atoms with Crippen molar-refractivity contribution in [2.24, 2.45) is 5.92 Å². The largest absolute Gasteiger partial charge is 0.352 e. The number of carbonyl (C=O) groups is 1. The van der Waals surface area contributed by atoms with Gasteiger partial charge in [-0.05, 0) is 18.4 Å². The summed E-state index contributed by atoms with van der Waals surface area (Å²) in [6.45, 7) is 2.50. The van der Waals surface area contributed by atoms with Gasteiger partial charge in [-0.3, -0.25) is 14.9 Å². The highest BCUT2D eigenvalue weighted by Crippen LogP contribution is 2.17. The van der Waals surface area contributed by atoms with Gasteiger partial charge < -0.3 is 5.32 Å². The molecule has 0 aliphatic heterocycles. The van der Waals surface area contributed by atoms with E-state index in [0.29, 0.717) is 18.3 Å². The number of amides is 1. The average Bonchev–Trinajstić information content (AvgIpc) is 2.43. The number of alkyl halides is 1. The van der Waals surface area contributed by atoms with Crippen LogP contribution in [0.1, 0.15) is 30.1 Å². The number of nitrogens with one attached hydrogen (secondary N) is 1. The number of halogens is 1. The Hall–Kier alpha value is -1.62. The first kappa shape index (κ1) is 15.4. The fourth-order valence-corrected chi connectivity index (χ4v) is 2.07. The van der Waals surface area contributed by atoms with Gasteiger partial charge in [0.1, 0.15) is 5.56 Å². The third-order valence-corrected chi connectivity index (χ3v) is 3.21. The molecule has 0 bridgehead atoms. The molecule has 0 heterocycles. The van der Waals surface area contributed by atoms with Crippen molar-refractivity contribution in [3.8, 4) is 0 Å². The van der Waals surface area contributed by atoms with Gasteiger partial charge in [-0.25, -0.2) is 0 Å². The molecule has 1 unspecified atom stereocenters. The van der Waals surface area contributed by atoms with Crippen LogP contribution in [0.3, 0.4) is 0 Å². The summed E-state index contributed by atoms with van der Waals surface area (Å²) in [5, 5.41) is 13.6. The molecule has 1 atom stereocenters. The van der Waals surface area contributed by atoms with Crippen LogP contribution in [-0.2, 0) is 0 Å². The van der Waals surface area contributed by atoms with Gasteiger partial charge in [-0.15, -0.1) is 11.6 Å². The standard InChI is InChI=1S/C13H17ClN2O3/c1-2-10(7-8-14)9-15-13(17)11-5-3-4-6-12(11)16(18)19/h3-6,10H,2,7-9H2,1H3,(H,15,17). The van der Waals surface area contributed by atoms with Crippen LogP contribution in [0.25, 0.3) is 0 Å². The molecule has 0 aromatic heterocycles. The zero-order chi connectivity index (χ0) is 14.3. The van der Waals surface area contributed by atoms with Crippen molar-refractivity contribution in [2.45, 2.75) is 19.8 Å². The van der Waals surface area contributed by atoms with Gasteiger partial charge in [-0.1, -0.05) is 25.5 Å². The third-order valence-electron chi connectivity index (χ3n) is 2.99. The van der Waals surface area contributed by atoms with Crippen LogP contribution in [0.2, 0.25) is 0 Å². The normalized spacial score (nSPS) is 11.9. The SMILES string of the molecule is CCC(CCCl)CNC(=O)c1ccccc1[N+](=O)[O-]. The van der Waals surface area contributed by atoms with Crippen LogP contribution in [-0.4, -0.2) is 23.3 Å². The van der Waals surface area contributed by atoms with E-state index in [4.69, 9.17) is 11.6 Å². The Morgan fingerprint density at radius 1 is 1.47 bits per heavy atom. The number of nitrogens with zero attached hydrogens (tertiary/aromatic N) is 1. The molecule has 0 saturated carbocycles. The highest BCUT2D eigenvalue weighted by molar-refractivity contribution is 6.17. The molecule has 0 saturated heterocycles. The summed E-state index contributed by atoms with van der Waals surface area (Å²) in [4.78, 5) is 22.2. The lowest BCUT2D eigenvalue weighted by Crippen LogP contribution is -2.29. The molecule has 1 aromatic carbocycles. The first-order valence-corrected chi connectivity index (χ1v) is 6.71. The molecular weight excluding hydrogens is 268 g/mol. The van der Waals surface area contributed by atoms with Gasteiger partial charge in [-0.2, -0.15) is 0 Å². The Kier molecular flexibility index (Phi) is 6.29. The van der Waals surface area contributed by atoms with E-state index in [1.165, 1.54) is 18.2 Å². The summed E-state index contributed by atoms with van der Waals surface area (Å²) < 4.78 is 0. The van der Waals surface area contributed by atoms with Crippen molar-refractivity contribution in [3.05, 3.63) is 39.9 Å². The van der Waals surface area contributed by atoms with Crippen molar-refractivity contribution in [1.82, 2.24) is 5.32 Å². The predicted octanol–water partition coefficient (Wildman–Crippen LogP) is 2.98. The van der Waals surface area contributed by atoms with Gasteiger partial charge in [0.05, 0.1) is 4.92 Å². The lowest BCUT2D eigenvalue weighted by Gasteiger charge is -2.14. The monoisotopic (exact) mass is 284 g/mol. The number of rotatable bonds is 7. The van der Waals surface area contributed by atoms with Crippen LogP contribution in [0, 0.1) is 16.0 Å². The van der Waals surface area contributed by atoms with Gasteiger partial charge in [0.15, 0.2) is 0 Å². The molecule has 104 valence electrons. The average molecular weight is 285 g/mol. The molecule has 0 radical (unpaired) electrons. The van der Waals surface area contributed by atoms with E-state index < -0.39 is 10.8 Å². The van der Waals surface area contributed by atoms with Crippen LogP contribution in [0.5, 0.6) is 0 Å². The minimum Gasteiger partial charge on any atom is -0.352 e. The summed E-state index contributed by atoms with van der Waals surface area (Å²) >= 11 is 5.67. The Morgan fingerprint density at radius 3 is 2.74 bits per heavy atom. The summed E-state index contributed by atoms with van der Waals surface area (Å²) in [5.41, 5.74) is -0.0846. The van der Waals surface area contributed by atoms with Crippen LogP contribution in [0.15, 0.2) is 24.3 Å². The topological polar surface area (TPSA) is 72.2 Å². The Balaban J connectivity index is 2.71. The van der Waals surface area contributed by atoms with Crippen molar-refractivity contribution in [3.63, 3.8) is 0 Å². The molecule has 6 heteroatoms. The van der Waals surface area contributed by atoms with Gasteiger partial charge in [0.25, 0.3) is 11.6 Å². The minimum atomic E-state index is -0.551. The van der Waals surface area contributed by atoms with E-state index >= 15 is 0 Å². The van der Waals surface area contributed by atoms with Crippen LogP contribution < -0.4 is 5.32 Å². The van der Waals surface area contributed by atoms with E-state index in [9.17, 15) is 14.9 Å². The zero-order valence-corrected chi connectivity index (χ0v) is 11.5. The number of nitro benzene ring substituents is 1. The second kappa shape index (κ2) is 7.74. The van der Waals surface area contributed by atoms with Crippen LogP contribution >= 0.6 is 11.6 Å². The molecule has 19 heavy (non-hydrogen) atoms. The highest BCUT2D eigenvalue weighted by Gasteiger charge is 2.19. The number of benzene rings is 1. The van der Waals surface area contributed by atoms with Gasteiger partial charge >= 0.3 is 0 Å². The number of hydrogen-bond donors (Lipinski definition) is 1. The summed E-state index contributed by atoms with van der Waals surface area (Å²) in [6.07, 6.45) is 1.72. The second-order valence-electron chi connectivity index (χ2n) is 4.24. The molecule has 0 fully saturated rings. The fraction of sp³-hybridized carbons (Fsp3) is 0.462. The second-order valence-corrected chi connectivity index (χ2v) is 4.61. The lowest BCUT2D eigenvalue weighted by atomic mass is 10.0. The molecule has 1 aromatic rings. The molecule has 1 rings (SSSR count). The Labute approximate surface area is 117 Å². The summed E-state index contributed by atoms with van der Waals surface area (Å²) in [5.74, 6) is 0.421. The van der Waals surface area contributed by atoms with E-state index in [0.717, 1.165) is 12.8 Å². The first-order valence-electron chi connectivity index (χ1n) is 6.17. The maximum atomic E-state index is 11.9. The third kappa shape index (κ3) is 4.52. The predicted molar refractivity (Wildman–Crippen MR) is 74.5 cm³/mol. The first-order chi connectivity index (χ1) is 9.10. The molecule has 5 nitrogen and oxygen atoms in total. The summed E-state index contributed by atoms with van der Waals surface area (Å²) in [7, 11) is 0. The highest BCUT2D eigenvalue weighted by atomic mass is 35.5. The molecule has 1 N–H and O–H groups in total. The van der Waals surface area contributed by atoms with Gasteiger partial charge in [0, 0.05) is 18.5 Å². The van der Waals surface area contributed by atoms with Crippen molar-refractivity contribution in [2.75, 3.05) is 12.4 Å². The lowest BCUT2D eigenvalue weighted by molar-refractivity contribution is -0.385. The Bertz CT molecular complexity index is 451. The number of nitro groups is 1. The zero-order valence-electron chi connectivity index (χ0n) is 10.8. The smallest absolute Gasteiger partial charge is 0.282 e. The number of para-hydroxylation sites is 1.